The highest BCUT2D eigenvalue weighted by Gasteiger charge is 2.22. The first-order valence-corrected chi connectivity index (χ1v) is 9.21. The minimum atomic E-state index is 0.0208. The highest BCUT2D eigenvalue weighted by atomic mass is 16.5. The second-order valence-electron chi connectivity index (χ2n) is 7.37. The van der Waals surface area contributed by atoms with Crippen LogP contribution in [0.2, 0.25) is 0 Å². The Morgan fingerprint density at radius 2 is 2.04 bits per heavy atom. The summed E-state index contributed by atoms with van der Waals surface area (Å²) in [5.74, 6) is 2.02. The van der Waals surface area contributed by atoms with Gasteiger partial charge in [-0.05, 0) is 61.9 Å². The van der Waals surface area contributed by atoms with Crippen molar-refractivity contribution in [2.45, 2.75) is 39.7 Å². The van der Waals surface area contributed by atoms with E-state index in [-0.39, 0.29) is 5.56 Å². The number of hydrogen-bond acceptors (Lipinski definition) is 5. The van der Waals surface area contributed by atoms with Gasteiger partial charge in [-0.15, -0.1) is 0 Å². The summed E-state index contributed by atoms with van der Waals surface area (Å²) in [5, 5.41) is 5.09. The quantitative estimate of drug-likeness (QED) is 0.781. The number of likely N-dealkylation sites (tertiary alicyclic amines) is 1. The van der Waals surface area contributed by atoms with Crippen LogP contribution in [-0.2, 0) is 13.0 Å². The van der Waals surface area contributed by atoms with Crippen molar-refractivity contribution >= 4 is 10.9 Å². The molecule has 1 aliphatic heterocycles. The molecule has 1 aromatic carbocycles. The monoisotopic (exact) mass is 352 g/mol. The van der Waals surface area contributed by atoms with Crippen molar-refractivity contribution in [1.29, 1.82) is 0 Å². The van der Waals surface area contributed by atoms with Crippen LogP contribution < -0.4 is 5.56 Å². The number of nitrogens with zero attached hydrogens (tertiary/aromatic N) is 3. The topological polar surface area (TPSA) is 75.0 Å². The third-order valence-electron chi connectivity index (χ3n) is 5.22. The number of fused-ring (bicyclic) bond motifs is 1. The van der Waals surface area contributed by atoms with Crippen molar-refractivity contribution in [3.8, 4) is 0 Å². The zero-order valence-corrected chi connectivity index (χ0v) is 15.3. The molecule has 0 saturated carbocycles. The van der Waals surface area contributed by atoms with E-state index in [1.165, 1.54) is 0 Å². The zero-order valence-electron chi connectivity index (χ0n) is 15.3. The summed E-state index contributed by atoms with van der Waals surface area (Å²) in [5.41, 5.74) is 2.92. The van der Waals surface area contributed by atoms with Gasteiger partial charge < -0.3 is 9.51 Å². The van der Waals surface area contributed by atoms with Gasteiger partial charge in [0.15, 0.2) is 5.82 Å². The lowest BCUT2D eigenvalue weighted by Gasteiger charge is -2.31. The number of hydrogen-bond donors (Lipinski definition) is 1. The summed E-state index contributed by atoms with van der Waals surface area (Å²) in [6.45, 7) is 6.54. The molecular weight excluding hydrogens is 328 g/mol. The average molecular weight is 352 g/mol. The molecule has 1 N–H and O–H groups in total. The van der Waals surface area contributed by atoms with E-state index in [0.717, 1.165) is 60.2 Å². The third-order valence-corrected chi connectivity index (χ3v) is 5.22. The Kier molecular flexibility index (Phi) is 4.59. The van der Waals surface area contributed by atoms with E-state index in [4.69, 9.17) is 4.52 Å². The predicted molar refractivity (Wildman–Crippen MR) is 100 cm³/mol. The summed E-state index contributed by atoms with van der Waals surface area (Å²) < 4.78 is 5.05. The second kappa shape index (κ2) is 7.03. The first-order chi connectivity index (χ1) is 12.6. The Morgan fingerprint density at radius 3 is 2.77 bits per heavy atom. The maximum absolute atomic E-state index is 12.4. The van der Waals surface area contributed by atoms with Gasteiger partial charge in [-0.1, -0.05) is 17.3 Å². The number of piperidine rings is 1. The first kappa shape index (κ1) is 17.0. The van der Waals surface area contributed by atoms with Gasteiger partial charge in [0.1, 0.15) is 0 Å². The van der Waals surface area contributed by atoms with Crippen molar-refractivity contribution in [3.05, 3.63) is 57.5 Å². The van der Waals surface area contributed by atoms with Crippen LogP contribution in [0.15, 0.2) is 33.6 Å². The van der Waals surface area contributed by atoms with Gasteiger partial charge in [-0.25, -0.2) is 0 Å². The minimum Gasteiger partial charge on any atom is -0.340 e. The molecule has 0 aliphatic carbocycles. The van der Waals surface area contributed by atoms with Gasteiger partial charge in [0.25, 0.3) is 5.56 Å². The standard InChI is InChI=1S/C20H24N4O2/c1-13-3-4-16-11-17(20(25)22-18(16)9-13)12-24-7-5-15(6-8-24)10-19-21-14(2)26-23-19/h3-4,9,11,15H,5-8,10,12H2,1-2H3,(H,22,25). The number of H-pyrrole nitrogens is 1. The molecule has 0 amide bonds. The molecule has 0 bridgehead atoms. The fraction of sp³-hybridized carbons (Fsp3) is 0.450. The fourth-order valence-electron chi connectivity index (χ4n) is 3.75. The molecule has 0 atom stereocenters. The number of aromatic amines is 1. The Morgan fingerprint density at radius 1 is 1.23 bits per heavy atom. The van der Waals surface area contributed by atoms with E-state index in [0.29, 0.717) is 18.4 Å². The molecule has 1 aliphatic rings. The summed E-state index contributed by atoms with van der Waals surface area (Å²) in [6.07, 6.45) is 3.07. The number of aryl methyl sites for hydroxylation is 2. The maximum Gasteiger partial charge on any atom is 0.252 e. The first-order valence-electron chi connectivity index (χ1n) is 9.21. The van der Waals surface area contributed by atoms with Crippen molar-refractivity contribution in [2.75, 3.05) is 13.1 Å². The van der Waals surface area contributed by atoms with Crippen LogP contribution in [-0.4, -0.2) is 33.1 Å². The van der Waals surface area contributed by atoms with Crippen LogP contribution in [0.4, 0.5) is 0 Å². The van der Waals surface area contributed by atoms with Crippen molar-refractivity contribution in [2.24, 2.45) is 5.92 Å². The van der Waals surface area contributed by atoms with Crippen LogP contribution in [0.3, 0.4) is 0 Å². The molecule has 6 heteroatoms. The molecule has 6 nitrogen and oxygen atoms in total. The summed E-state index contributed by atoms with van der Waals surface area (Å²) in [4.78, 5) is 22.1. The van der Waals surface area contributed by atoms with E-state index in [2.05, 4.69) is 32.2 Å². The number of nitrogens with one attached hydrogen (secondary N) is 1. The van der Waals surface area contributed by atoms with Gasteiger partial charge in [-0.2, -0.15) is 4.98 Å². The summed E-state index contributed by atoms with van der Waals surface area (Å²) >= 11 is 0. The number of rotatable bonds is 4. The van der Waals surface area contributed by atoms with E-state index in [9.17, 15) is 4.79 Å². The second-order valence-corrected chi connectivity index (χ2v) is 7.37. The Labute approximate surface area is 152 Å². The van der Waals surface area contributed by atoms with Crippen LogP contribution in [0.25, 0.3) is 10.9 Å². The third kappa shape index (κ3) is 3.70. The molecule has 136 valence electrons. The molecule has 2 aromatic heterocycles. The summed E-state index contributed by atoms with van der Waals surface area (Å²) in [6, 6.07) is 8.20. The van der Waals surface area contributed by atoms with Crippen molar-refractivity contribution < 1.29 is 4.52 Å². The lowest BCUT2D eigenvalue weighted by atomic mass is 9.93. The molecule has 4 rings (SSSR count). The smallest absolute Gasteiger partial charge is 0.252 e. The molecule has 1 fully saturated rings. The van der Waals surface area contributed by atoms with Gasteiger partial charge in [-0.3, -0.25) is 9.69 Å². The van der Waals surface area contributed by atoms with Gasteiger partial charge in [0, 0.05) is 31.0 Å². The van der Waals surface area contributed by atoms with Gasteiger partial charge in [0.05, 0.1) is 0 Å². The predicted octanol–water partition coefficient (Wildman–Crippen LogP) is 2.98. The Bertz CT molecular complexity index is 967. The fourth-order valence-corrected chi connectivity index (χ4v) is 3.75. The minimum absolute atomic E-state index is 0.0208. The zero-order chi connectivity index (χ0) is 18.1. The van der Waals surface area contributed by atoms with E-state index < -0.39 is 0 Å². The van der Waals surface area contributed by atoms with Crippen LogP contribution in [0, 0.1) is 19.8 Å². The molecule has 0 spiro atoms. The van der Waals surface area contributed by atoms with Crippen molar-refractivity contribution in [3.63, 3.8) is 0 Å². The lowest BCUT2D eigenvalue weighted by molar-refractivity contribution is 0.175. The maximum atomic E-state index is 12.4. The normalized spacial score (nSPS) is 16.4. The van der Waals surface area contributed by atoms with Crippen LogP contribution >= 0.6 is 0 Å². The van der Waals surface area contributed by atoms with E-state index in [1.54, 1.807) is 0 Å². The largest absolute Gasteiger partial charge is 0.340 e. The summed E-state index contributed by atoms with van der Waals surface area (Å²) in [7, 11) is 0. The lowest BCUT2D eigenvalue weighted by Crippen LogP contribution is -2.35. The molecule has 0 radical (unpaired) electrons. The Hall–Kier alpha value is -2.47. The molecule has 3 heterocycles. The van der Waals surface area contributed by atoms with E-state index >= 15 is 0 Å². The number of pyridine rings is 1. The molecule has 3 aromatic rings. The molecular formula is C20H24N4O2. The van der Waals surface area contributed by atoms with Crippen LogP contribution in [0.5, 0.6) is 0 Å². The molecule has 1 saturated heterocycles. The SMILES string of the molecule is Cc1ccc2cc(CN3CCC(Cc4noc(C)n4)CC3)c(=O)[nH]c2c1. The Balaban J connectivity index is 1.39. The highest BCUT2D eigenvalue weighted by Crippen LogP contribution is 2.22. The highest BCUT2D eigenvalue weighted by molar-refractivity contribution is 5.79. The average Bonchev–Trinajstić information content (AvgIpc) is 3.02. The number of benzene rings is 1. The molecule has 26 heavy (non-hydrogen) atoms. The van der Waals surface area contributed by atoms with Gasteiger partial charge >= 0.3 is 0 Å². The van der Waals surface area contributed by atoms with E-state index in [1.807, 2.05) is 26.0 Å². The van der Waals surface area contributed by atoms with Crippen LogP contribution in [0.1, 0.15) is 35.7 Å². The van der Waals surface area contributed by atoms with Crippen molar-refractivity contribution in [1.82, 2.24) is 20.0 Å². The number of aromatic nitrogens is 3. The van der Waals surface area contributed by atoms with Gasteiger partial charge in [0.2, 0.25) is 5.89 Å². The molecule has 0 unspecified atom stereocenters.